The predicted octanol–water partition coefficient (Wildman–Crippen LogP) is 3.88. The molecule has 20 heavy (non-hydrogen) atoms. The third kappa shape index (κ3) is 2.52. The van der Waals surface area contributed by atoms with E-state index in [1.54, 1.807) is 0 Å². The number of aromatic nitrogens is 2. The van der Waals surface area contributed by atoms with Crippen LogP contribution in [0.2, 0.25) is 0 Å². The van der Waals surface area contributed by atoms with Crippen molar-refractivity contribution in [3.63, 3.8) is 0 Å². The first kappa shape index (κ1) is 12.7. The minimum Gasteiger partial charge on any atom is -0.344 e. The van der Waals surface area contributed by atoms with Crippen LogP contribution in [0, 0.1) is 0 Å². The molecule has 3 heteroatoms. The van der Waals surface area contributed by atoms with Crippen molar-refractivity contribution in [2.24, 2.45) is 0 Å². The van der Waals surface area contributed by atoms with Gasteiger partial charge in [0.25, 0.3) is 0 Å². The maximum Gasteiger partial charge on any atom is 0.0568 e. The first-order valence-corrected chi connectivity index (χ1v) is 6.98. The number of hydrogen-bond acceptors (Lipinski definition) is 2. The summed E-state index contributed by atoms with van der Waals surface area (Å²) in [7, 11) is 0. The molecular weight excluding hydrogens is 246 g/mol. The van der Waals surface area contributed by atoms with E-state index in [2.05, 4.69) is 72.7 Å². The van der Waals surface area contributed by atoms with Gasteiger partial charge in [-0.3, -0.25) is 4.68 Å². The van der Waals surface area contributed by atoms with Crippen LogP contribution < -0.4 is 4.90 Å². The fourth-order valence-corrected chi connectivity index (χ4v) is 2.30. The Kier molecular flexibility index (Phi) is 3.42. The summed E-state index contributed by atoms with van der Waals surface area (Å²) in [4.78, 5) is 2.25. The summed E-state index contributed by atoms with van der Waals surface area (Å²) in [5.41, 5.74) is 3.58. The van der Waals surface area contributed by atoms with Crippen LogP contribution in [0.1, 0.15) is 25.5 Å². The van der Waals surface area contributed by atoms with Crippen molar-refractivity contribution < 1.29 is 0 Å². The van der Waals surface area contributed by atoms with Crippen LogP contribution in [0.3, 0.4) is 0 Å². The standard InChI is InChI=1S/C17H19N3/c1-14(2)20-13-16(11-18-20)15-7-6-10-19(12-15)17-8-4-3-5-9-17/h3-9,11-14H,10H2,1-2H3. The van der Waals surface area contributed by atoms with Crippen LogP contribution in [-0.4, -0.2) is 16.3 Å². The minimum absolute atomic E-state index is 0.391. The summed E-state index contributed by atoms with van der Waals surface area (Å²) >= 11 is 0. The van der Waals surface area contributed by atoms with Gasteiger partial charge in [0.05, 0.1) is 6.20 Å². The summed E-state index contributed by atoms with van der Waals surface area (Å²) in [6.45, 7) is 5.18. The van der Waals surface area contributed by atoms with Gasteiger partial charge in [0.15, 0.2) is 0 Å². The van der Waals surface area contributed by atoms with Gasteiger partial charge in [-0.25, -0.2) is 0 Å². The molecule has 0 saturated carbocycles. The number of rotatable bonds is 3. The molecule has 1 aromatic carbocycles. The minimum atomic E-state index is 0.391. The molecular formula is C17H19N3. The van der Waals surface area contributed by atoms with Gasteiger partial charge in [0.1, 0.15) is 0 Å². The Bertz CT molecular complexity index is 635. The molecule has 2 aromatic rings. The average Bonchev–Trinajstić information content (AvgIpc) is 2.98. The van der Waals surface area contributed by atoms with Crippen LogP contribution in [0.15, 0.2) is 61.1 Å². The van der Waals surface area contributed by atoms with Gasteiger partial charge in [-0.05, 0) is 26.0 Å². The van der Waals surface area contributed by atoms with Crippen molar-refractivity contribution in [2.75, 3.05) is 11.4 Å². The summed E-state index contributed by atoms with van der Waals surface area (Å²) in [5, 5.41) is 4.41. The fraction of sp³-hybridized carbons (Fsp3) is 0.235. The van der Waals surface area contributed by atoms with Crippen LogP contribution >= 0.6 is 0 Å². The quantitative estimate of drug-likeness (QED) is 0.839. The Hall–Kier alpha value is -2.29. The molecule has 0 amide bonds. The number of allylic oxidation sites excluding steroid dienone is 2. The summed E-state index contributed by atoms with van der Waals surface area (Å²) < 4.78 is 1.99. The highest BCUT2D eigenvalue weighted by Crippen LogP contribution is 2.24. The number of nitrogens with zero attached hydrogens (tertiary/aromatic N) is 3. The third-order valence-corrected chi connectivity index (χ3v) is 3.45. The number of hydrogen-bond donors (Lipinski definition) is 0. The lowest BCUT2D eigenvalue weighted by atomic mass is 10.1. The third-order valence-electron chi connectivity index (χ3n) is 3.45. The summed E-state index contributed by atoms with van der Waals surface area (Å²) in [6.07, 6.45) is 10.6. The molecule has 1 aromatic heterocycles. The lowest BCUT2D eigenvalue weighted by Gasteiger charge is -2.23. The van der Waals surface area contributed by atoms with E-state index in [9.17, 15) is 0 Å². The van der Waals surface area contributed by atoms with Gasteiger partial charge in [-0.15, -0.1) is 0 Å². The van der Waals surface area contributed by atoms with Crippen LogP contribution in [0.4, 0.5) is 5.69 Å². The van der Waals surface area contributed by atoms with E-state index < -0.39 is 0 Å². The van der Waals surface area contributed by atoms with Gasteiger partial charge in [-0.1, -0.05) is 30.4 Å². The molecule has 3 nitrogen and oxygen atoms in total. The van der Waals surface area contributed by atoms with Crippen LogP contribution in [-0.2, 0) is 0 Å². The predicted molar refractivity (Wildman–Crippen MR) is 83.5 cm³/mol. The van der Waals surface area contributed by atoms with Gasteiger partial charge >= 0.3 is 0 Å². The van der Waals surface area contributed by atoms with Crippen molar-refractivity contribution in [1.82, 2.24) is 9.78 Å². The Labute approximate surface area is 119 Å². The lowest BCUT2D eigenvalue weighted by Crippen LogP contribution is -2.18. The second-order valence-electron chi connectivity index (χ2n) is 5.28. The number of anilines is 1. The fourth-order valence-electron chi connectivity index (χ4n) is 2.30. The Morgan fingerprint density at radius 3 is 2.65 bits per heavy atom. The Morgan fingerprint density at radius 1 is 1.15 bits per heavy atom. The molecule has 0 N–H and O–H groups in total. The molecule has 0 saturated heterocycles. The van der Waals surface area contributed by atoms with Crippen LogP contribution in [0.25, 0.3) is 5.57 Å². The smallest absolute Gasteiger partial charge is 0.0568 e. The molecule has 3 rings (SSSR count). The van der Waals surface area contributed by atoms with E-state index in [0.717, 1.165) is 12.1 Å². The maximum absolute atomic E-state index is 4.41. The first-order chi connectivity index (χ1) is 9.74. The molecule has 0 atom stereocenters. The topological polar surface area (TPSA) is 21.1 Å². The van der Waals surface area contributed by atoms with Crippen molar-refractivity contribution in [1.29, 1.82) is 0 Å². The SMILES string of the molecule is CC(C)n1cc(C2=CN(c3ccccc3)CC=C2)cn1. The molecule has 0 spiro atoms. The molecule has 0 radical (unpaired) electrons. The highest BCUT2D eigenvalue weighted by Gasteiger charge is 2.11. The van der Waals surface area contributed by atoms with E-state index in [-0.39, 0.29) is 0 Å². The monoisotopic (exact) mass is 265 g/mol. The van der Waals surface area contributed by atoms with E-state index in [1.165, 1.54) is 11.3 Å². The average molecular weight is 265 g/mol. The van der Waals surface area contributed by atoms with Crippen molar-refractivity contribution in [3.8, 4) is 0 Å². The molecule has 0 unspecified atom stereocenters. The van der Waals surface area contributed by atoms with E-state index in [4.69, 9.17) is 0 Å². The number of para-hydroxylation sites is 1. The lowest BCUT2D eigenvalue weighted by molar-refractivity contribution is 0.532. The first-order valence-electron chi connectivity index (χ1n) is 6.98. The largest absolute Gasteiger partial charge is 0.344 e. The normalized spacial score (nSPS) is 14.8. The number of benzene rings is 1. The Balaban J connectivity index is 1.89. The molecule has 0 fully saturated rings. The summed E-state index contributed by atoms with van der Waals surface area (Å²) in [5.74, 6) is 0. The van der Waals surface area contributed by atoms with Gasteiger partial charge in [0, 0.05) is 41.8 Å². The van der Waals surface area contributed by atoms with Crippen molar-refractivity contribution in [2.45, 2.75) is 19.9 Å². The van der Waals surface area contributed by atoms with E-state index >= 15 is 0 Å². The second kappa shape index (κ2) is 5.37. The van der Waals surface area contributed by atoms with Crippen LogP contribution in [0.5, 0.6) is 0 Å². The second-order valence-corrected chi connectivity index (χ2v) is 5.28. The van der Waals surface area contributed by atoms with Crippen molar-refractivity contribution in [3.05, 3.63) is 66.6 Å². The van der Waals surface area contributed by atoms with E-state index in [0.29, 0.717) is 6.04 Å². The van der Waals surface area contributed by atoms with Gasteiger partial charge in [0.2, 0.25) is 0 Å². The van der Waals surface area contributed by atoms with E-state index in [1.807, 2.05) is 16.9 Å². The van der Waals surface area contributed by atoms with Gasteiger partial charge < -0.3 is 4.90 Å². The zero-order valence-corrected chi connectivity index (χ0v) is 11.9. The highest BCUT2D eigenvalue weighted by molar-refractivity contribution is 5.77. The molecule has 102 valence electrons. The maximum atomic E-state index is 4.41. The molecule has 0 bridgehead atoms. The molecule has 2 heterocycles. The summed E-state index contributed by atoms with van der Waals surface area (Å²) in [6, 6.07) is 10.8. The molecule has 1 aliphatic rings. The molecule has 1 aliphatic heterocycles. The highest BCUT2D eigenvalue weighted by atomic mass is 15.3. The zero-order valence-electron chi connectivity index (χ0n) is 11.9. The van der Waals surface area contributed by atoms with Crippen molar-refractivity contribution >= 4 is 11.3 Å². The van der Waals surface area contributed by atoms with Gasteiger partial charge in [-0.2, -0.15) is 5.10 Å². The zero-order chi connectivity index (χ0) is 13.9. The Morgan fingerprint density at radius 2 is 1.95 bits per heavy atom. The molecule has 0 aliphatic carbocycles.